The van der Waals surface area contributed by atoms with E-state index in [2.05, 4.69) is 0 Å². The van der Waals surface area contributed by atoms with Gasteiger partial charge in [-0.2, -0.15) is 0 Å². The molecule has 0 saturated carbocycles. The van der Waals surface area contributed by atoms with Gasteiger partial charge in [-0.3, -0.25) is 10.1 Å². The molecule has 1 aliphatic carbocycles. The van der Waals surface area contributed by atoms with E-state index in [1.807, 2.05) is 0 Å². The number of allylic oxidation sites excluding steroid dienone is 3. The lowest BCUT2D eigenvalue weighted by atomic mass is 9.86. The molecule has 0 heterocycles. The van der Waals surface area contributed by atoms with Gasteiger partial charge in [-0.1, -0.05) is 12.2 Å². The first kappa shape index (κ1) is 15.7. The van der Waals surface area contributed by atoms with Crippen molar-refractivity contribution in [1.82, 2.24) is 0 Å². The number of nitrogens with zero attached hydrogens (tertiary/aromatic N) is 1. The van der Waals surface area contributed by atoms with Gasteiger partial charge in [-0.15, -0.1) is 0 Å². The van der Waals surface area contributed by atoms with Crippen molar-refractivity contribution in [2.45, 2.75) is 30.8 Å². The molecular formula is C11H17NO7. The van der Waals surface area contributed by atoms with Crippen LogP contribution in [0.15, 0.2) is 23.9 Å². The van der Waals surface area contributed by atoms with Gasteiger partial charge in [-0.25, -0.2) is 0 Å². The Morgan fingerprint density at radius 1 is 1.32 bits per heavy atom. The number of nitro groups is 1. The molecule has 5 atom stereocenters. The molecule has 0 fully saturated rings. The summed E-state index contributed by atoms with van der Waals surface area (Å²) in [5, 5.41) is 57.7. The fraction of sp³-hybridized carbons (Fsp3) is 0.636. The molecule has 0 aromatic carbocycles. The largest absolute Gasteiger partial charge is 0.394 e. The number of aliphatic hydroxyl groups excluding tert-OH is 5. The summed E-state index contributed by atoms with van der Waals surface area (Å²) in [5.41, 5.74) is -0.278. The topological polar surface area (TPSA) is 144 Å². The van der Waals surface area contributed by atoms with E-state index in [-0.39, 0.29) is 12.1 Å². The fourth-order valence-electron chi connectivity index (χ4n) is 1.92. The van der Waals surface area contributed by atoms with E-state index in [0.29, 0.717) is 0 Å². The zero-order valence-electron chi connectivity index (χ0n) is 10.0. The highest BCUT2D eigenvalue weighted by atomic mass is 16.6. The van der Waals surface area contributed by atoms with Crippen molar-refractivity contribution >= 4 is 0 Å². The van der Waals surface area contributed by atoms with E-state index in [0.717, 1.165) is 0 Å². The van der Waals surface area contributed by atoms with E-state index < -0.39 is 41.9 Å². The second-order valence-corrected chi connectivity index (χ2v) is 4.34. The van der Waals surface area contributed by atoms with E-state index >= 15 is 0 Å². The van der Waals surface area contributed by atoms with Crippen molar-refractivity contribution in [2.24, 2.45) is 5.92 Å². The predicted molar refractivity (Wildman–Crippen MR) is 63.4 cm³/mol. The first-order chi connectivity index (χ1) is 8.90. The summed E-state index contributed by atoms with van der Waals surface area (Å²) in [4.78, 5) is 10.1. The van der Waals surface area contributed by atoms with Crippen LogP contribution in [0.2, 0.25) is 0 Å². The zero-order chi connectivity index (χ0) is 14.6. The van der Waals surface area contributed by atoms with Gasteiger partial charge in [-0.05, 0) is 6.42 Å². The highest BCUT2D eigenvalue weighted by Gasteiger charge is 2.40. The van der Waals surface area contributed by atoms with Crippen molar-refractivity contribution in [1.29, 1.82) is 0 Å². The Balaban J connectivity index is 2.81. The van der Waals surface area contributed by atoms with Gasteiger partial charge in [0.15, 0.2) is 0 Å². The Bertz CT molecular complexity index is 381. The Labute approximate surface area is 109 Å². The molecule has 0 aliphatic heterocycles. The van der Waals surface area contributed by atoms with Crippen molar-refractivity contribution in [3.8, 4) is 0 Å². The second kappa shape index (κ2) is 6.73. The van der Waals surface area contributed by atoms with Crippen LogP contribution in [-0.4, -0.2) is 61.5 Å². The van der Waals surface area contributed by atoms with Gasteiger partial charge in [0.2, 0.25) is 0 Å². The van der Waals surface area contributed by atoms with Gasteiger partial charge in [0.05, 0.1) is 23.6 Å². The highest BCUT2D eigenvalue weighted by molar-refractivity contribution is 5.17. The first-order valence-electron chi connectivity index (χ1n) is 5.74. The molecule has 0 radical (unpaired) electrons. The maximum atomic E-state index is 10.8. The smallest absolute Gasteiger partial charge is 0.252 e. The van der Waals surface area contributed by atoms with Crippen LogP contribution in [0.3, 0.4) is 0 Å². The summed E-state index contributed by atoms with van der Waals surface area (Å²) in [6.07, 6.45) is -2.47. The predicted octanol–water partition coefficient (Wildman–Crippen LogP) is -1.84. The molecule has 0 saturated heterocycles. The molecule has 1 unspecified atom stereocenters. The Hall–Kier alpha value is -1.32. The third-order valence-corrected chi connectivity index (χ3v) is 3.08. The highest BCUT2D eigenvalue weighted by Crippen LogP contribution is 2.27. The number of hydrogen-bond donors (Lipinski definition) is 5. The van der Waals surface area contributed by atoms with Gasteiger partial charge >= 0.3 is 0 Å². The molecule has 0 aromatic heterocycles. The molecule has 1 rings (SSSR count). The van der Waals surface area contributed by atoms with Gasteiger partial charge in [0.25, 0.3) is 5.70 Å². The summed E-state index contributed by atoms with van der Waals surface area (Å²) in [6, 6.07) is 0. The lowest BCUT2D eigenvalue weighted by molar-refractivity contribution is -0.437. The van der Waals surface area contributed by atoms with Crippen molar-refractivity contribution in [2.75, 3.05) is 6.61 Å². The van der Waals surface area contributed by atoms with Crippen LogP contribution in [0.5, 0.6) is 0 Å². The lowest BCUT2D eigenvalue weighted by Crippen LogP contribution is -2.49. The van der Waals surface area contributed by atoms with Crippen molar-refractivity contribution in [3.63, 3.8) is 0 Å². The summed E-state index contributed by atoms with van der Waals surface area (Å²) in [5.74, 6) is -0.990. The molecule has 108 valence electrons. The number of rotatable bonds is 6. The zero-order valence-corrected chi connectivity index (χ0v) is 10.0. The maximum absolute atomic E-state index is 10.8. The SMILES string of the molecule is O=[N+]([O-])C1=CC=CCC1[C@@H](O)[C@@H](O)[C@H](O)[C@H](O)CO. The maximum Gasteiger partial charge on any atom is 0.252 e. The lowest BCUT2D eigenvalue weighted by Gasteiger charge is -2.29. The third kappa shape index (κ3) is 3.58. The summed E-state index contributed by atoms with van der Waals surface area (Å²) in [7, 11) is 0. The van der Waals surface area contributed by atoms with Crippen LogP contribution in [0.25, 0.3) is 0 Å². The van der Waals surface area contributed by atoms with Gasteiger partial charge in [0, 0.05) is 6.08 Å². The van der Waals surface area contributed by atoms with E-state index in [1.165, 1.54) is 12.2 Å². The molecular weight excluding hydrogens is 258 g/mol. The molecule has 8 heteroatoms. The summed E-state index contributed by atoms with van der Waals surface area (Å²) >= 11 is 0. The monoisotopic (exact) mass is 275 g/mol. The molecule has 0 bridgehead atoms. The summed E-state index contributed by atoms with van der Waals surface area (Å²) < 4.78 is 0. The van der Waals surface area contributed by atoms with E-state index in [1.54, 1.807) is 6.08 Å². The molecule has 19 heavy (non-hydrogen) atoms. The van der Waals surface area contributed by atoms with Crippen LogP contribution in [-0.2, 0) is 0 Å². The minimum Gasteiger partial charge on any atom is -0.394 e. The van der Waals surface area contributed by atoms with Crippen LogP contribution in [0, 0.1) is 16.0 Å². The minimum atomic E-state index is -1.80. The Morgan fingerprint density at radius 3 is 2.47 bits per heavy atom. The van der Waals surface area contributed by atoms with Gasteiger partial charge < -0.3 is 25.5 Å². The molecule has 1 aliphatic rings. The van der Waals surface area contributed by atoms with Crippen molar-refractivity contribution in [3.05, 3.63) is 34.0 Å². The molecule has 0 amide bonds. The average molecular weight is 275 g/mol. The Kier molecular flexibility index (Phi) is 5.58. The minimum absolute atomic E-state index is 0.132. The van der Waals surface area contributed by atoms with Crippen LogP contribution < -0.4 is 0 Å². The van der Waals surface area contributed by atoms with Crippen LogP contribution >= 0.6 is 0 Å². The first-order valence-corrected chi connectivity index (χ1v) is 5.74. The summed E-state index contributed by atoms with van der Waals surface area (Å²) in [6.45, 7) is -0.798. The van der Waals surface area contributed by atoms with Gasteiger partial charge in [0.1, 0.15) is 18.3 Å². The van der Waals surface area contributed by atoms with Crippen LogP contribution in [0.1, 0.15) is 6.42 Å². The third-order valence-electron chi connectivity index (χ3n) is 3.08. The number of hydrogen-bond acceptors (Lipinski definition) is 7. The molecule has 0 aromatic rings. The molecule has 0 spiro atoms. The fourth-order valence-corrected chi connectivity index (χ4v) is 1.92. The van der Waals surface area contributed by atoms with E-state index in [4.69, 9.17) is 5.11 Å². The molecule has 8 nitrogen and oxygen atoms in total. The average Bonchev–Trinajstić information content (AvgIpc) is 2.43. The van der Waals surface area contributed by atoms with E-state index in [9.17, 15) is 30.5 Å². The molecule has 5 N–H and O–H groups in total. The van der Waals surface area contributed by atoms with Crippen LogP contribution in [0.4, 0.5) is 0 Å². The normalized spacial score (nSPS) is 25.3. The number of aliphatic hydroxyl groups is 5. The standard InChI is InChI=1S/C11H17NO7/c13-5-8(14)10(16)11(17)9(15)6-3-1-2-4-7(6)12(18)19/h1-2,4,6,8-11,13-17H,3,5H2/t6?,8-,9-,10-,11-/m1/s1. The Morgan fingerprint density at radius 2 is 1.95 bits per heavy atom. The van der Waals surface area contributed by atoms with Crippen molar-refractivity contribution < 1.29 is 30.5 Å². The second-order valence-electron chi connectivity index (χ2n) is 4.34. The quantitative estimate of drug-likeness (QED) is 0.283.